The maximum absolute atomic E-state index is 15.0. The number of halogens is 1. The SMILES string of the molecule is FC12C=CC(=N1)C=C1C=CC(=N1)C=c1ccc([nH]1)=Cc1ccc([nH]1)C2. The molecule has 0 saturated heterocycles. The number of aromatic amines is 2. The monoisotopic (exact) mass is 330 g/mol. The predicted molar refractivity (Wildman–Crippen MR) is 97.6 cm³/mol. The number of H-pyrrole nitrogens is 2. The van der Waals surface area contributed by atoms with Gasteiger partial charge in [0.1, 0.15) is 0 Å². The van der Waals surface area contributed by atoms with Crippen LogP contribution >= 0.6 is 0 Å². The van der Waals surface area contributed by atoms with Crippen LogP contribution in [0.25, 0.3) is 12.2 Å². The molecule has 0 aromatic carbocycles. The Morgan fingerprint density at radius 2 is 1.76 bits per heavy atom. The van der Waals surface area contributed by atoms with Crippen LogP contribution in [0.5, 0.6) is 0 Å². The lowest BCUT2D eigenvalue weighted by atomic mass is 10.1. The van der Waals surface area contributed by atoms with E-state index in [-0.39, 0.29) is 6.42 Å². The number of allylic oxidation sites excluding steroid dienone is 4. The maximum atomic E-state index is 15.0. The van der Waals surface area contributed by atoms with E-state index in [4.69, 9.17) is 0 Å². The first-order valence-electron chi connectivity index (χ1n) is 8.17. The van der Waals surface area contributed by atoms with Crippen molar-refractivity contribution in [2.24, 2.45) is 9.98 Å². The lowest BCUT2D eigenvalue weighted by molar-refractivity contribution is 0.245. The molecule has 5 heteroatoms. The molecule has 5 rings (SSSR count). The van der Waals surface area contributed by atoms with Gasteiger partial charge in [-0.2, -0.15) is 0 Å². The number of hydrogen-bond donors (Lipinski definition) is 2. The van der Waals surface area contributed by atoms with Crippen LogP contribution in [0.2, 0.25) is 0 Å². The number of aliphatic imine (C=N–C) groups is 2. The van der Waals surface area contributed by atoms with Crippen LogP contribution in [-0.4, -0.2) is 27.2 Å². The van der Waals surface area contributed by atoms with E-state index in [1.807, 2.05) is 48.6 Å². The molecule has 0 radical (unpaired) electrons. The molecule has 0 saturated carbocycles. The Morgan fingerprint density at radius 1 is 0.880 bits per heavy atom. The van der Waals surface area contributed by atoms with Crippen molar-refractivity contribution in [2.45, 2.75) is 12.2 Å². The van der Waals surface area contributed by atoms with Crippen LogP contribution in [0.15, 0.2) is 70.3 Å². The zero-order valence-corrected chi connectivity index (χ0v) is 13.3. The second-order valence-corrected chi connectivity index (χ2v) is 6.40. The Bertz CT molecular complexity index is 1140. The summed E-state index contributed by atoms with van der Waals surface area (Å²) in [7, 11) is 0. The molecular formula is C20H15FN4. The van der Waals surface area contributed by atoms with Gasteiger partial charge in [-0.3, -0.25) is 0 Å². The topological polar surface area (TPSA) is 56.3 Å². The van der Waals surface area contributed by atoms with E-state index in [2.05, 4.69) is 20.0 Å². The summed E-state index contributed by atoms with van der Waals surface area (Å²) in [4.78, 5) is 15.4. The molecule has 0 spiro atoms. The third-order valence-electron chi connectivity index (χ3n) is 4.36. The first-order chi connectivity index (χ1) is 12.1. The molecule has 2 aromatic rings. The second-order valence-electron chi connectivity index (χ2n) is 6.40. The molecule has 0 amide bonds. The normalized spacial score (nSPS) is 23.6. The standard InChI is InChI=1S/C20H15FN4/c21-20-8-7-18(25-20)11-17-4-3-14(23-17)9-13-1-2-15(22-13)10-16-5-6-19(12-20)24-16/h1-11,22,24H,12H2. The van der Waals surface area contributed by atoms with Crippen molar-refractivity contribution in [3.8, 4) is 0 Å². The number of alkyl halides is 1. The Kier molecular flexibility index (Phi) is 2.91. The van der Waals surface area contributed by atoms with Gasteiger partial charge in [0.15, 0.2) is 0 Å². The number of rotatable bonds is 0. The molecule has 1 atom stereocenters. The fraction of sp³-hybridized carbons (Fsp3) is 0.100. The number of nitrogens with zero attached hydrogens (tertiary/aromatic N) is 2. The lowest BCUT2D eigenvalue weighted by Gasteiger charge is -2.12. The van der Waals surface area contributed by atoms with Crippen LogP contribution in [-0.2, 0) is 6.42 Å². The fourth-order valence-corrected chi connectivity index (χ4v) is 3.23. The van der Waals surface area contributed by atoms with Gasteiger partial charge in [0.2, 0.25) is 5.79 Å². The maximum Gasteiger partial charge on any atom is 0.224 e. The van der Waals surface area contributed by atoms with Crippen molar-refractivity contribution in [1.29, 1.82) is 0 Å². The quantitative estimate of drug-likeness (QED) is 0.695. The molecule has 25 heavy (non-hydrogen) atoms. The highest BCUT2D eigenvalue weighted by atomic mass is 19.1. The molecule has 2 aromatic heterocycles. The summed E-state index contributed by atoms with van der Waals surface area (Å²) in [5.41, 5.74) is 3.95. The highest BCUT2D eigenvalue weighted by molar-refractivity contribution is 6.19. The summed E-state index contributed by atoms with van der Waals surface area (Å²) in [6.07, 6.45) is 13.0. The van der Waals surface area contributed by atoms with Crippen molar-refractivity contribution in [3.05, 3.63) is 82.4 Å². The van der Waals surface area contributed by atoms with Crippen LogP contribution in [0.1, 0.15) is 11.4 Å². The minimum absolute atomic E-state index is 0.179. The number of aromatic nitrogens is 2. The summed E-state index contributed by atoms with van der Waals surface area (Å²) in [6.45, 7) is 0. The second kappa shape index (κ2) is 5.14. The van der Waals surface area contributed by atoms with Gasteiger partial charge in [-0.1, -0.05) is 0 Å². The van der Waals surface area contributed by atoms with Crippen molar-refractivity contribution in [1.82, 2.24) is 9.97 Å². The van der Waals surface area contributed by atoms with Gasteiger partial charge in [0, 0.05) is 28.5 Å². The molecule has 2 N–H and O–H groups in total. The molecule has 0 fully saturated rings. The zero-order chi connectivity index (χ0) is 16.9. The Morgan fingerprint density at radius 3 is 2.68 bits per heavy atom. The van der Waals surface area contributed by atoms with E-state index in [9.17, 15) is 4.39 Å². The minimum Gasteiger partial charge on any atom is -0.359 e. The Balaban J connectivity index is 1.68. The van der Waals surface area contributed by atoms with Crippen molar-refractivity contribution in [3.63, 3.8) is 0 Å². The molecular weight excluding hydrogens is 315 g/mol. The van der Waals surface area contributed by atoms with Crippen LogP contribution in [0, 0.1) is 0 Å². The summed E-state index contributed by atoms with van der Waals surface area (Å²) in [6, 6.07) is 7.86. The van der Waals surface area contributed by atoms with Gasteiger partial charge < -0.3 is 9.97 Å². The van der Waals surface area contributed by atoms with Crippen molar-refractivity contribution in [2.75, 3.05) is 0 Å². The van der Waals surface area contributed by atoms with Crippen LogP contribution in [0.4, 0.5) is 4.39 Å². The highest BCUT2D eigenvalue weighted by Gasteiger charge is 2.30. The molecule has 3 aliphatic heterocycles. The third-order valence-corrected chi connectivity index (χ3v) is 4.36. The predicted octanol–water partition coefficient (Wildman–Crippen LogP) is 2.08. The Labute approximate surface area is 143 Å². The number of nitrogens with one attached hydrogen (secondary N) is 2. The zero-order valence-electron chi connectivity index (χ0n) is 13.3. The average molecular weight is 330 g/mol. The largest absolute Gasteiger partial charge is 0.359 e. The minimum atomic E-state index is -1.72. The van der Waals surface area contributed by atoms with E-state index >= 15 is 0 Å². The summed E-state index contributed by atoms with van der Waals surface area (Å²) in [5.74, 6) is -1.72. The highest BCUT2D eigenvalue weighted by Crippen LogP contribution is 2.27. The summed E-state index contributed by atoms with van der Waals surface area (Å²) >= 11 is 0. The molecule has 0 aliphatic carbocycles. The number of hydrogen-bond acceptors (Lipinski definition) is 2. The molecule has 8 bridgehead atoms. The van der Waals surface area contributed by atoms with Gasteiger partial charge in [0.05, 0.1) is 17.1 Å². The van der Waals surface area contributed by atoms with Gasteiger partial charge in [0.25, 0.3) is 0 Å². The Hall–Kier alpha value is -3.21. The fourth-order valence-electron chi connectivity index (χ4n) is 3.23. The van der Waals surface area contributed by atoms with E-state index in [1.165, 1.54) is 6.08 Å². The van der Waals surface area contributed by atoms with Gasteiger partial charge >= 0.3 is 0 Å². The molecule has 1 unspecified atom stereocenters. The van der Waals surface area contributed by atoms with Crippen LogP contribution in [0.3, 0.4) is 0 Å². The first-order valence-corrected chi connectivity index (χ1v) is 8.17. The summed E-state index contributed by atoms with van der Waals surface area (Å²) < 4.78 is 15.0. The lowest BCUT2D eigenvalue weighted by Crippen LogP contribution is -2.18. The molecule has 3 aliphatic rings. The molecule has 122 valence electrons. The first kappa shape index (κ1) is 14.2. The van der Waals surface area contributed by atoms with Crippen molar-refractivity contribution < 1.29 is 4.39 Å². The molecule has 4 nitrogen and oxygen atoms in total. The van der Waals surface area contributed by atoms with Crippen LogP contribution < -0.4 is 10.7 Å². The average Bonchev–Trinajstić information content (AvgIpc) is 3.32. The summed E-state index contributed by atoms with van der Waals surface area (Å²) in [5, 5.41) is 1.96. The van der Waals surface area contributed by atoms with E-state index in [1.54, 1.807) is 12.2 Å². The van der Waals surface area contributed by atoms with E-state index < -0.39 is 5.79 Å². The number of fused-ring (bicyclic) bond motifs is 6. The van der Waals surface area contributed by atoms with Gasteiger partial charge in [-0.05, 0) is 66.8 Å². The van der Waals surface area contributed by atoms with Crippen molar-refractivity contribution >= 4 is 23.6 Å². The van der Waals surface area contributed by atoms with E-state index in [0.29, 0.717) is 5.71 Å². The van der Waals surface area contributed by atoms with E-state index in [0.717, 1.165) is 33.5 Å². The van der Waals surface area contributed by atoms with Gasteiger partial charge in [-0.25, -0.2) is 14.4 Å². The molecule has 5 heterocycles. The smallest absolute Gasteiger partial charge is 0.224 e. The van der Waals surface area contributed by atoms with Gasteiger partial charge in [-0.15, -0.1) is 0 Å². The third kappa shape index (κ3) is 2.74.